The van der Waals surface area contributed by atoms with Crippen molar-refractivity contribution in [3.63, 3.8) is 0 Å². The van der Waals surface area contributed by atoms with Gasteiger partial charge in [0.1, 0.15) is 0 Å². The maximum atomic E-state index is 13.2. The number of nitrogens with two attached hydrogens (primary N) is 1. The van der Waals surface area contributed by atoms with Crippen molar-refractivity contribution >= 4 is 18.3 Å². The lowest BCUT2D eigenvalue weighted by Gasteiger charge is -2.17. The molecule has 2 heterocycles. The largest absolute Gasteiger partial charge is 0.338 e. The molecule has 0 radical (unpaired) electrons. The number of aryl methyl sites for hydroxylation is 2. The van der Waals surface area contributed by atoms with Gasteiger partial charge in [0, 0.05) is 31.2 Å². The zero-order valence-electron chi connectivity index (χ0n) is 15.8. The molecule has 1 aliphatic heterocycles. The predicted molar refractivity (Wildman–Crippen MR) is 107 cm³/mol. The summed E-state index contributed by atoms with van der Waals surface area (Å²) in [5.74, 6) is 0.702. The lowest BCUT2D eigenvalue weighted by Crippen LogP contribution is -2.30. The molecular weight excluding hydrogens is 348 g/mol. The van der Waals surface area contributed by atoms with E-state index in [1.54, 1.807) is 0 Å². The highest BCUT2D eigenvalue weighted by Crippen LogP contribution is 2.33. The molecule has 2 N–H and O–H groups in total. The number of carbonyl (C=O) groups is 1. The molecule has 0 saturated carbocycles. The van der Waals surface area contributed by atoms with Crippen LogP contribution in [-0.2, 0) is 6.54 Å². The molecule has 2 aromatic rings. The van der Waals surface area contributed by atoms with Crippen LogP contribution < -0.4 is 5.73 Å². The third-order valence-corrected chi connectivity index (χ3v) is 5.29. The summed E-state index contributed by atoms with van der Waals surface area (Å²) in [4.78, 5) is 15.1. The molecule has 26 heavy (non-hydrogen) atoms. The number of likely N-dealkylation sites (tertiary alicyclic amines) is 1. The molecule has 1 aromatic heterocycles. The topological polar surface area (TPSA) is 64.2 Å². The van der Waals surface area contributed by atoms with Crippen LogP contribution in [0, 0.1) is 19.8 Å². The van der Waals surface area contributed by atoms with E-state index in [1.165, 1.54) is 5.56 Å². The van der Waals surface area contributed by atoms with E-state index in [0.29, 0.717) is 24.9 Å². The molecule has 0 spiro atoms. The van der Waals surface area contributed by atoms with Crippen LogP contribution in [0.1, 0.15) is 46.6 Å². The maximum Gasteiger partial charge on any atom is 0.257 e. The normalized spacial score (nSPS) is 19.5. The van der Waals surface area contributed by atoms with Crippen LogP contribution in [0.2, 0.25) is 0 Å². The van der Waals surface area contributed by atoms with Crippen LogP contribution >= 0.6 is 12.4 Å². The second kappa shape index (κ2) is 8.69. The fraction of sp³-hybridized carbons (Fsp3) is 0.500. The number of halogens is 1. The highest BCUT2D eigenvalue weighted by atomic mass is 35.5. The van der Waals surface area contributed by atoms with Gasteiger partial charge in [0.15, 0.2) is 0 Å². The van der Waals surface area contributed by atoms with Gasteiger partial charge in [-0.05, 0) is 38.3 Å². The lowest BCUT2D eigenvalue weighted by atomic mass is 9.89. The number of carbonyl (C=O) groups excluding carboxylic acids is 1. The third kappa shape index (κ3) is 3.79. The Balaban J connectivity index is 0.00000243. The SMILES string of the molecule is CCCn1nc(C)c(C(=O)N2C[C@@H](CN)[C@H](c3ccccc3)C2)c1C.Cl. The molecule has 0 aliphatic carbocycles. The minimum Gasteiger partial charge on any atom is -0.338 e. The minimum absolute atomic E-state index is 0. The van der Waals surface area contributed by atoms with E-state index in [1.807, 2.05) is 29.5 Å². The average Bonchev–Trinajstić information content (AvgIpc) is 3.17. The molecule has 2 atom stereocenters. The number of rotatable bonds is 5. The summed E-state index contributed by atoms with van der Waals surface area (Å²) >= 11 is 0. The summed E-state index contributed by atoms with van der Waals surface area (Å²) in [6.45, 7) is 8.92. The Kier molecular flexibility index (Phi) is 6.84. The Hall–Kier alpha value is -1.85. The van der Waals surface area contributed by atoms with Crippen LogP contribution in [0.15, 0.2) is 30.3 Å². The number of amides is 1. The minimum atomic E-state index is 0. The summed E-state index contributed by atoms with van der Waals surface area (Å²) in [6, 6.07) is 10.4. The number of nitrogens with zero attached hydrogens (tertiary/aromatic N) is 3. The van der Waals surface area contributed by atoms with Gasteiger partial charge in [0.25, 0.3) is 5.91 Å². The number of hydrogen-bond acceptors (Lipinski definition) is 3. The van der Waals surface area contributed by atoms with Crippen molar-refractivity contribution in [1.29, 1.82) is 0 Å². The standard InChI is InChI=1S/C20H28N4O.ClH/c1-4-10-24-15(3)19(14(2)22-24)20(25)23-12-17(11-21)18(13-23)16-8-6-5-7-9-16;/h5-9,17-18H,4,10-13,21H2,1-3H3;1H/t17-,18+;/m1./s1. The van der Waals surface area contributed by atoms with Crippen LogP contribution in [0.25, 0.3) is 0 Å². The van der Waals surface area contributed by atoms with Crippen molar-refractivity contribution in [3.8, 4) is 0 Å². The Morgan fingerprint density at radius 2 is 1.92 bits per heavy atom. The number of hydrogen-bond donors (Lipinski definition) is 1. The van der Waals surface area contributed by atoms with E-state index in [2.05, 4.69) is 36.3 Å². The first kappa shape index (κ1) is 20.5. The lowest BCUT2D eigenvalue weighted by molar-refractivity contribution is 0.0785. The first-order valence-corrected chi connectivity index (χ1v) is 9.15. The monoisotopic (exact) mass is 376 g/mol. The Morgan fingerprint density at radius 1 is 1.23 bits per heavy atom. The van der Waals surface area contributed by atoms with Gasteiger partial charge in [-0.3, -0.25) is 9.48 Å². The number of aromatic nitrogens is 2. The summed E-state index contributed by atoms with van der Waals surface area (Å²) in [7, 11) is 0. The molecule has 1 saturated heterocycles. The first-order valence-electron chi connectivity index (χ1n) is 9.15. The van der Waals surface area contributed by atoms with Crippen LogP contribution in [-0.4, -0.2) is 40.2 Å². The van der Waals surface area contributed by atoms with Gasteiger partial charge in [-0.2, -0.15) is 5.10 Å². The summed E-state index contributed by atoms with van der Waals surface area (Å²) in [5, 5.41) is 4.55. The van der Waals surface area contributed by atoms with Crippen molar-refractivity contribution in [2.24, 2.45) is 11.7 Å². The van der Waals surface area contributed by atoms with Crippen molar-refractivity contribution in [2.45, 2.75) is 39.7 Å². The molecule has 0 unspecified atom stereocenters. The molecule has 6 heteroatoms. The van der Waals surface area contributed by atoms with Gasteiger partial charge < -0.3 is 10.6 Å². The summed E-state index contributed by atoms with van der Waals surface area (Å²) < 4.78 is 1.95. The van der Waals surface area contributed by atoms with E-state index in [9.17, 15) is 4.79 Å². The summed E-state index contributed by atoms with van der Waals surface area (Å²) in [5.41, 5.74) is 9.83. The van der Waals surface area contributed by atoms with Crippen molar-refractivity contribution < 1.29 is 4.79 Å². The maximum absolute atomic E-state index is 13.2. The Morgan fingerprint density at radius 3 is 2.54 bits per heavy atom. The molecule has 1 aliphatic rings. The van der Waals surface area contributed by atoms with Gasteiger partial charge >= 0.3 is 0 Å². The first-order chi connectivity index (χ1) is 12.1. The molecule has 1 fully saturated rings. The van der Waals surface area contributed by atoms with Crippen molar-refractivity contribution in [1.82, 2.24) is 14.7 Å². The van der Waals surface area contributed by atoms with Gasteiger partial charge in [0.2, 0.25) is 0 Å². The Labute approximate surface area is 162 Å². The fourth-order valence-corrected chi connectivity index (χ4v) is 3.95. The molecule has 3 rings (SSSR count). The van der Waals surface area contributed by atoms with E-state index in [4.69, 9.17) is 5.73 Å². The van der Waals surface area contributed by atoms with Crippen molar-refractivity contribution in [2.75, 3.05) is 19.6 Å². The molecule has 1 aromatic carbocycles. The van der Waals surface area contributed by atoms with Crippen LogP contribution in [0.3, 0.4) is 0 Å². The molecule has 142 valence electrons. The molecular formula is C20H29ClN4O. The molecule has 1 amide bonds. The van der Waals surface area contributed by atoms with Gasteiger partial charge in [-0.1, -0.05) is 37.3 Å². The fourth-order valence-electron chi connectivity index (χ4n) is 3.95. The smallest absolute Gasteiger partial charge is 0.257 e. The second-order valence-electron chi connectivity index (χ2n) is 6.99. The van der Waals surface area contributed by atoms with Crippen LogP contribution in [0.4, 0.5) is 0 Å². The Bertz CT molecular complexity index is 744. The van der Waals surface area contributed by atoms with Gasteiger partial charge in [-0.15, -0.1) is 12.4 Å². The van der Waals surface area contributed by atoms with Gasteiger partial charge in [-0.25, -0.2) is 0 Å². The van der Waals surface area contributed by atoms with E-state index >= 15 is 0 Å². The number of benzene rings is 1. The molecule has 0 bridgehead atoms. The van der Waals surface area contributed by atoms with Gasteiger partial charge in [0.05, 0.1) is 11.3 Å². The highest BCUT2D eigenvalue weighted by Gasteiger charge is 2.37. The van der Waals surface area contributed by atoms with E-state index < -0.39 is 0 Å². The zero-order chi connectivity index (χ0) is 18.0. The van der Waals surface area contributed by atoms with Crippen molar-refractivity contribution in [3.05, 3.63) is 52.8 Å². The summed E-state index contributed by atoms with van der Waals surface area (Å²) in [6.07, 6.45) is 1.00. The van der Waals surface area contributed by atoms with E-state index in [0.717, 1.165) is 36.5 Å². The second-order valence-corrected chi connectivity index (χ2v) is 6.99. The van der Waals surface area contributed by atoms with Crippen LogP contribution in [0.5, 0.6) is 0 Å². The highest BCUT2D eigenvalue weighted by molar-refractivity contribution is 5.96. The third-order valence-electron chi connectivity index (χ3n) is 5.29. The van der Waals surface area contributed by atoms with E-state index in [-0.39, 0.29) is 18.3 Å². The predicted octanol–water partition coefficient (Wildman–Crippen LogP) is 3.15. The zero-order valence-corrected chi connectivity index (χ0v) is 16.6. The average molecular weight is 377 g/mol. The quantitative estimate of drug-likeness (QED) is 0.871. The molecule has 5 nitrogen and oxygen atoms in total.